The molecule has 5 nitrogen and oxygen atoms in total. The number of rotatable bonds is 3. The maximum absolute atomic E-state index is 10.9. The summed E-state index contributed by atoms with van der Waals surface area (Å²) < 4.78 is 6.65. The number of benzene rings is 1. The SMILES string of the molecule is COc1cc(C(=O)O)nn1-c1ccc(C)cc1C. The van der Waals surface area contributed by atoms with Crippen LogP contribution in [0.2, 0.25) is 0 Å². The highest BCUT2D eigenvalue weighted by Gasteiger charge is 2.15. The first kappa shape index (κ1) is 12.2. The first-order valence-corrected chi connectivity index (χ1v) is 5.48. The van der Waals surface area contributed by atoms with Crippen LogP contribution in [0.15, 0.2) is 24.3 Å². The molecule has 2 aromatic rings. The Morgan fingerprint density at radius 1 is 1.33 bits per heavy atom. The summed E-state index contributed by atoms with van der Waals surface area (Å²) >= 11 is 0. The fraction of sp³-hybridized carbons (Fsp3) is 0.231. The quantitative estimate of drug-likeness (QED) is 0.901. The highest BCUT2D eigenvalue weighted by atomic mass is 16.5. The van der Waals surface area contributed by atoms with E-state index in [1.165, 1.54) is 17.9 Å². The Labute approximate surface area is 105 Å². The molecule has 0 fully saturated rings. The van der Waals surface area contributed by atoms with Crippen LogP contribution in [0.5, 0.6) is 5.88 Å². The summed E-state index contributed by atoms with van der Waals surface area (Å²) in [7, 11) is 1.49. The van der Waals surface area contributed by atoms with Crippen molar-refractivity contribution in [2.45, 2.75) is 13.8 Å². The highest BCUT2D eigenvalue weighted by molar-refractivity contribution is 5.85. The molecule has 1 aromatic heterocycles. The van der Waals surface area contributed by atoms with Crippen LogP contribution in [0.1, 0.15) is 21.6 Å². The Hall–Kier alpha value is -2.30. The monoisotopic (exact) mass is 246 g/mol. The van der Waals surface area contributed by atoms with E-state index in [4.69, 9.17) is 9.84 Å². The number of ether oxygens (including phenoxy) is 1. The van der Waals surface area contributed by atoms with Gasteiger partial charge in [0.1, 0.15) is 0 Å². The number of nitrogens with zero attached hydrogens (tertiary/aromatic N) is 2. The van der Waals surface area contributed by atoms with E-state index in [0.717, 1.165) is 16.8 Å². The average molecular weight is 246 g/mol. The van der Waals surface area contributed by atoms with Crippen LogP contribution in [0.25, 0.3) is 5.69 Å². The van der Waals surface area contributed by atoms with Crippen molar-refractivity contribution in [3.63, 3.8) is 0 Å². The largest absolute Gasteiger partial charge is 0.481 e. The molecule has 0 unspecified atom stereocenters. The zero-order chi connectivity index (χ0) is 13.3. The van der Waals surface area contributed by atoms with Crippen molar-refractivity contribution >= 4 is 5.97 Å². The van der Waals surface area contributed by atoms with Gasteiger partial charge in [0, 0.05) is 6.07 Å². The van der Waals surface area contributed by atoms with Gasteiger partial charge in [0.25, 0.3) is 0 Å². The lowest BCUT2D eigenvalue weighted by Gasteiger charge is -2.09. The molecule has 1 heterocycles. The fourth-order valence-corrected chi connectivity index (χ4v) is 1.83. The van der Waals surface area contributed by atoms with Gasteiger partial charge in [-0.2, -0.15) is 9.78 Å². The average Bonchev–Trinajstić information content (AvgIpc) is 2.73. The molecule has 0 saturated carbocycles. The molecule has 0 amide bonds. The van der Waals surface area contributed by atoms with Gasteiger partial charge in [0.15, 0.2) is 5.69 Å². The third-order valence-corrected chi connectivity index (χ3v) is 2.69. The predicted molar refractivity (Wildman–Crippen MR) is 66.5 cm³/mol. The van der Waals surface area contributed by atoms with Crippen molar-refractivity contribution < 1.29 is 14.6 Å². The second kappa shape index (κ2) is 4.52. The van der Waals surface area contributed by atoms with Crippen molar-refractivity contribution in [2.24, 2.45) is 0 Å². The topological polar surface area (TPSA) is 64.3 Å². The minimum atomic E-state index is -1.07. The molecule has 0 bridgehead atoms. The molecule has 0 atom stereocenters. The van der Waals surface area contributed by atoms with E-state index in [1.807, 2.05) is 32.0 Å². The molecule has 1 N–H and O–H groups in total. The summed E-state index contributed by atoms with van der Waals surface area (Å²) in [5.41, 5.74) is 2.92. The van der Waals surface area contributed by atoms with E-state index in [-0.39, 0.29) is 5.69 Å². The zero-order valence-corrected chi connectivity index (χ0v) is 10.5. The van der Waals surface area contributed by atoms with E-state index in [9.17, 15) is 4.79 Å². The summed E-state index contributed by atoms with van der Waals surface area (Å²) in [6.45, 7) is 3.95. The molecular weight excluding hydrogens is 232 g/mol. The predicted octanol–water partition coefficient (Wildman–Crippen LogP) is 2.20. The number of aromatic nitrogens is 2. The van der Waals surface area contributed by atoms with E-state index in [2.05, 4.69) is 5.10 Å². The Balaban J connectivity index is 2.58. The van der Waals surface area contributed by atoms with E-state index < -0.39 is 5.97 Å². The lowest BCUT2D eigenvalue weighted by molar-refractivity contribution is 0.0690. The van der Waals surface area contributed by atoms with Crippen molar-refractivity contribution in [1.29, 1.82) is 0 Å². The molecule has 0 spiro atoms. The number of carbonyl (C=O) groups is 1. The van der Waals surface area contributed by atoms with Crippen LogP contribution in [-0.4, -0.2) is 28.0 Å². The summed E-state index contributed by atoms with van der Waals surface area (Å²) in [6, 6.07) is 7.26. The first-order chi connectivity index (χ1) is 8.52. The first-order valence-electron chi connectivity index (χ1n) is 5.48. The maximum atomic E-state index is 10.9. The number of hydrogen-bond acceptors (Lipinski definition) is 3. The minimum absolute atomic E-state index is 0.0353. The van der Waals surface area contributed by atoms with Gasteiger partial charge in [-0.15, -0.1) is 0 Å². The zero-order valence-electron chi connectivity index (χ0n) is 10.5. The fourth-order valence-electron chi connectivity index (χ4n) is 1.83. The number of aryl methyl sites for hydroxylation is 2. The summed E-state index contributed by atoms with van der Waals surface area (Å²) in [6.07, 6.45) is 0. The smallest absolute Gasteiger partial charge is 0.356 e. The van der Waals surface area contributed by atoms with Gasteiger partial charge in [-0.25, -0.2) is 4.79 Å². The molecule has 0 radical (unpaired) electrons. The maximum Gasteiger partial charge on any atom is 0.356 e. The molecule has 2 rings (SSSR count). The Bertz CT molecular complexity index is 602. The molecule has 5 heteroatoms. The molecule has 94 valence electrons. The molecule has 0 aliphatic carbocycles. The van der Waals surface area contributed by atoms with Crippen molar-refractivity contribution in [3.8, 4) is 11.6 Å². The Morgan fingerprint density at radius 2 is 2.06 bits per heavy atom. The van der Waals surface area contributed by atoms with Gasteiger partial charge in [-0.1, -0.05) is 17.7 Å². The van der Waals surface area contributed by atoms with Crippen molar-refractivity contribution in [2.75, 3.05) is 7.11 Å². The van der Waals surface area contributed by atoms with Crippen LogP contribution in [0, 0.1) is 13.8 Å². The number of carboxylic acids is 1. The summed E-state index contributed by atoms with van der Waals surface area (Å²) in [5.74, 6) is -0.670. The molecule has 0 aliphatic rings. The lowest BCUT2D eigenvalue weighted by Crippen LogP contribution is -2.04. The van der Waals surface area contributed by atoms with Gasteiger partial charge < -0.3 is 9.84 Å². The lowest BCUT2D eigenvalue weighted by atomic mass is 10.1. The van der Waals surface area contributed by atoms with E-state index >= 15 is 0 Å². The summed E-state index contributed by atoms with van der Waals surface area (Å²) in [4.78, 5) is 10.9. The van der Waals surface area contributed by atoms with Gasteiger partial charge >= 0.3 is 5.97 Å². The van der Waals surface area contributed by atoms with Gasteiger partial charge in [-0.3, -0.25) is 0 Å². The normalized spacial score (nSPS) is 10.4. The second-order valence-electron chi connectivity index (χ2n) is 4.08. The highest BCUT2D eigenvalue weighted by Crippen LogP contribution is 2.22. The van der Waals surface area contributed by atoms with E-state index in [1.54, 1.807) is 0 Å². The number of methoxy groups -OCH3 is 1. The van der Waals surface area contributed by atoms with Crippen LogP contribution >= 0.6 is 0 Å². The molecule has 0 saturated heterocycles. The number of carboxylic acid groups (broad SMARTS) is 1. The van der Waals surface area contributed by atoms with Crippen molar-refractivity contribution in [1.82, 2.24) is 9.78 Å². The minimum Gasteiger partial charge on any atom is -0.481 e. The van der Waals surface area contributed by atoms with E-state index in [0.29, 0.717) is 5.88 Å². The molecule has 0 aliphatic heterocycles. The van der Waals surface area contributed by atoms with Crippen LogP contribution in [0.4, 0.5) is 0 Å². The van der Waals surface area contributed by atoms with Gasteiger partial charge in [0.2, 0.25) is 5.88 Å². The third kappa shape index (κ3) is 2.07. The van der Waals surface area contributed by atoms with Crippen LogP contribution < -0.4 is 4.74 Å². The number of aromatic carboxylic acids is 1. The number of hydrogen-bond donors (Lipinski definition) is 1. The third-order valence-electron chi connectivity index (χ3n) is 2.69. The van der Waals surface area contributed by atoms with Crippen molar-refractivity contribution in [3.05, 3.63) is 41.1 Å². The molecular formula is C13H14N2O3. The van der Waals surface area contributed by atoms with Gasteiger partial charge in [-0.05, 0) is 25.5 Å². The Morgan fingerprint density at radius 3 is 2.61 bits per heavy atom. The van der Waals surface area contributed by atoms with Gasteiger partial charge in [0.05, 0.1) is 12.8 Å². The van der Waals surface area contributed by atoms with Crippen LogP contribution in [-0.2, 0) is 0 Å². The molecule has 18 heavy (non-hydrogen) atoms. The standard InChI is InChI=1S/C13H14N2O3/c1-8-4-5-11(9(2)6-8)15-12(18-3)7-10(14-15)13(16)17/h4-7H,1-3H3,(H,16,17). The van der Waals surface area contributed by atoms with Crippen LogP contribution in [0.3, 0.4) is 0 Å². The molecule has 1 aromatic carbocycles. The summed E-state index contributed by atoms with van der Waals surface area (Å²) in [5, 5.41) is 13.0. The Kier molecular flexibility index (Phi) is 3.06. The second-order valence-corrected chi connectivity index (χ2v) is 4.08.